The number of fused-ring (bicyclic) bond motifs is 1. The molecule has 1 saturated carbocycles. The van der Waals surface area contributed by atoms with E-state index in [2.05, 4.69) is 4.98 Å². The number of esters is 1. The second-order valence-electron chi connectivity index (χ2n) is 8.51. The maximum atomic E-state index is 13.2. The average Bonchev–Trinajstić information content (AvgIpc) is 3.41. The molecule has 2 aromatic rings. The van der Waals surface area contributed by atoms with E-state index in [0.717, 1.165) is 42.6 Å². The van der Waals surface area contributed by atoms with Gasteiger partial charge in [-0.25, -0.2) is 4.98 Å². The van der Waals surface area contributed by atoms with Crippen LogP contribution in [0, 0.1) is 6.92 Å². The highest BCUT2D eigenvalue weighted by Crippen LogP contribution is 2.30. The summed E-state index contributed by atoms with van der Waals surface area (Å²) in [6.45, 7) is 3.30. The lowest BCUT2D eigenvalue weighted by atomic mass is 9.94. The van der Waals surface area contributed by atoms with Crippen LogP contribution >= 0.6 is 11.3 Å². The number of ether oxygens (including phenoxy) is 1. The average molecular weight is 470 g/mol. The van der Waals surface area contributed by atoms with Crippen molar-refractivity contribution < 1.29 is 23.9 Å². The predicted molar refractivity (Wildman–Crippen MR) is 123 cm³/mol. The summed E-state index contributed by atoms with van der Waals surface area (Å²) in [6.07, 6.45) is 5.52. The molecule has 9 heteroatoms. The van der Waals surface area contributed by atoms with Crippen LogP contribution in [0.3, 0.4) is 0 Å². The van der Waals surface area contributed by atoms with Gasteiger partial charge in [-0.2, -0.15) is 0 Å². The monoisotopic (exact) mass is 469 g/mol. The molecule has 174 valence electrons. The Hall–Kier alpha value is -3.07. The SMILES string of the molecule is Cc1ccc2c(c1)C(=O)N(CCC(=O)O[C@@H](C)C(=O)N(c1nccs1)C1CCCCC1)C2=O. The summed E-state index contributed by atoms with van der Waals surface area (Å²) in [5, 5.41) is 2.43. The number of amides is 3. The number of imide groups is 1. The van der Waals surface area contributed by atoms with Gasteiger partial charge in [0.2, 0.25) is 0 Å². The molecule has 0 spiro atoms. The van der Waals surface area contributed by atoms with Crippen molar-refractivity contribution in [3.8, 4) is 0 Å². The summed E-state index contributed by atoms with van der Waals surface area (Å²) >= 11 is 1.38. The number of thiazole rings is 1. The van der Waals surface area contributed by atoms with Crippen molar-refractivity contribution in [1.29, 1.82) is 0 Å². The van der Waals surface area contributed by atoms with Gasteiger partial charge in [-0.15, -0.1) is 11.3 Å². The van der Waals surface area contributed by atoms with E-state index in [1.165, 1.54) is 11.3 Å². The first-order chi connectivity index (χ1) is 15.9. The van der Waals surface area contributed by atoms with Crippen LogP contribution in [0.4, 0.5) is 5.13 Å². The fraction of sp³-hybridized carbons (Fsp3) is 0.458. The summed E-state index contributed by atoms with van der Waals surface area (Å²) in [6, 6.07) is 5.12. The van der Waals surface area contributed by atoms with Gasteiger partial charge in [-0.3, -0.25) is 29.0 Å². The first kappa shape index (κ1) is 23.1. The molecule has 0 saturated heterocycles. The molecular formula is C24H27N3O5S. The molecule has 0 N–H and O–H groups in total. The van der Waals surface area contributed by atoms with Crippen LogP contribution < -0.4 is 4.90 Å². The van der Waals surface area contributed by atoms with Crippen LogP contribution in [0.25, 0.3) is 0 Å². The van der Waals surface area contributed by atoms with E-state index in [1.807, 2.05) is 12.3 Å². The van der Waals surface area contributed by atoms with Crippen LogP contribution in [0.2, 0.25) is 0 Å². The smallest absolute Gasteiger partial charge is 0.308 e. The minimum absolute atomic E-state index is 0.0420. The largest absolute Gasteiger partial charge is 0.452 e. The maximum Gasteiger partial charge on any atom is 0.308 e. The molecule has 33 heavy (non-hydrogen) atoms. The van der Waals surface area contributed by atoms with Crippen molar-refractivity contribution in [3.05, 3.63) is 46.5 Å². The molecule has 0 radical (unpaired) electrons. The lowest BCUT2D eigenvalue weighted by Crippen LogP contribution is -2.47. The van der Waals surface area contributed by atoms with E-state index < -0.39 is 23.9 Å². The van der Waals surface area contributed by atoms with Gasteiger partial charge in [-0.05, 0) is 38.8 Å². The third-order valence-corrected chi connectivity index (χ3v) is 6.90. The van der Waals surface area contributed by atoms with Crippen molar-refractivity contribution in [2.75, 3.05) is 11.4 Å². The molecule has 8 nitrogen and oxygen atoms in total. The van der Waals surface area contributed by atoms with Crippen molar-refractivity contribution >= 4 is 40.2 Å². The van der Waals surface area contributed by atoms with E-state index >= 15 is 0 Å². The van der Waals surface area contributed by atoms with Crippen molar-refractivity contribution in [3.63, 3.8) is 0 Å². The molecule has 1 aliphatic carbocycles. The third-order valence-electron chi connectivity index (χ3n) is 6.12. The Morgan fingerprint density at radius 3 is 2.61 bits per heavy atom. The highest BCUT2D eigenvalue weighted by molar-refractivity contribution is 7.13. The zero-order valence-corrected chi connectivity index (χ0v) is 19.6. The van der Waals surface area contributed by atoms with Crippen LogP contribution in [0.15, 0.2) is 29.8 Å². The molecule has 1 aromatic heterocycles. The minimum atomic E-state index is -0.992. The number of benzene rings is 1. The summed E-state index contributed by atoms with van der Waals surface area (Å²) in [5.41, 5.74) is 1.57. The molecule has 1 atom stereocenters. The van der Waals surface area contributed by atoms with E-state index in [0.29, 0.717) is 16.3 Å². The van der Waals surface area contributed by atoms with Crippen LogP contribution in [0.5, 0.6) is 0 Å². The summed E-state index contributed by atoms with van der Waals surface area (Å²) in [7, 11) is 0. The maximum absolute atomic E-state index is 13.2. The summed E-state index contributed by atoms with van der Waals surface area (Å²) in [4.78, 5) is 57.9. The Kier molecular flexibility index (Phi) is 6.88. The van der Waals surface area contributed by atoms with Gasteiger partial charge < -0.3 is 4.74 Å². The molecule has 0 bridgehead atoms. The lowest BCUT2D eigenvalue weighted by Gasteiger charge is -2.33. The number of rotatable bonds is 7. The van der Waals surface area contributed by atoms with Crippen LogP contribution in [0.1, 0.15) is 71.7 Å². The molecule has 2 heterocycles. The Morgan fingerprint density at radius 1 is 1.18 bits per heavy atom. The van der Waals surface area contributed by atoms with Crippen molar-refractivity contribution in [2.24, 2.45) is 0 Å². The van der Waals surface area contributed by atoms with E-state index in [-0.39, 0.29) is 24.9 Å². The number of hydrogen-bond acceptors (Lipinski definition) is 7. The number of nitrogens with zero attached hydrogens (tertiary/aromatic N) is 3. The Morgan fingerprint density at radius 2 is 1.91 bits per heavy atom. The quantitative estimate of drug-likeness (QED) is 0.453. The van der Waals surface area contributed by atoms with Crippen LogP contribution in [-0.2, 0) is 14.3 Å². The van der Waals surface area contributed by atoms with Gasteiger partial charge in [0.15, 0.2) is 11.2 Å². The molecule has 4 rings (SSSR count). The fourth-order valence-corrected chi connectivity index (χ4v) is 5.14. The standard InChI is InChI=1S/C24H27N3O5S/c1-15-8-9-18-19(14-15)23(31)26(22(18)30)12-10-20(28)32-16(2)21(29)27(24-25-11-13-33-24)17-6-4-3-5-7-17/h8-9,11,13-14,16-17H,3-7,10,12H2,1-2H3/t16-/m0/s1. The van der Waals surface area contributed by atoms with Crippen molar-refractivity contribution in [2.45, 2.75) is 64.5 Å². The van der Waals surface area contributed by atoms with Gasteiger partial charge >= 0.3 is 5.97 Å². The second kappa shape index (κ2) is 9.82. The number of aromatic nitrogens is 1. The zero-order valence-electron chi connectivity index (χ0n) is 18.8. The van der Waals surface area contributed by atoms with Crippen LogP contribution in [-0.4, -0.2) is 52.3 Å². The third kappa shape index (κ3) is 4.83. The number of anilines is 1. The molecule has 3 amide bonds. The topological polar surface area (TPSA) is 96.9 Å². The summed E-state index contributed by atoms with van der Waals surface area (Å²) in [5.74, 6) is -1.77. The van der Waals surface area contributed by atoms with Crippen molar-refractivity contribution in [1.82, 2.24) is 9.88 Å². The number of hydrogen-bond donors (Lipinski definition) is 0. The molecule has 1 fully saturated rings. The summed E-state index contributed by atoms with van der Waals surface area (Å²) < 4.78 is 5.41. The normalized spacial score (nSPS) is 17.1. The Bertz CT molecular complexity index is 1060. The van der Waals surface area contributed by atoms with E-state index in [9.17, 15) is 19.2 Å². The Labute approximate surface area is 196 Å². The van der Waals surface area contributed by atoms with E-state index in [4.69, 9.17) is 4.74 Å². The van der Waals surface area contributed by atoms with Gasteiger partial charge in [-0.1, -0.05) is 30.9 Å². The van der Waals surface area contributed by atoms with Gasteiger partial charge in [0, 0.05) is 24.2 Å². The first-order valence-corrected chi connectivity index (χ1v) is 12.1. The predicted octanol–water partition coefficient (Wildman–Crippen LogP) is 3.74. The molecule has 1 aliphatic heterocycles. The first-order valence-electron chi connectivity index (χ1n) is 11.3. The molecule has 1 aromatic carbocycles. The number of carbonyl (C=O) groups excluding carboxylic acids is 4. The van der Waals surface area contributed by atoms with Gasteiger partial charge in [0.1, 0.15) is 0 Å². The Balaban J connectivity index is 1.36. The van der Waals surface area contributed by atoms with Gasteiger partial charge in [0.05, 0.1) is 17.5 Å². The second-order valence-corrected chi connectivity index (χ2v) is 9.38. The van der Waals surface area contributed by atoms with Gasteiger partial charge in [0.25, 0.3) is 17.7 Å². The lowest BCUT2D eigenvalue weighted by molar-refractivity contribution is -0.154. The molecule has 2 aliphatic rings. The zero-order chi connectivity index (χ0) is 23.5. The molecule has 0 unspecified atom stereocenters. The minimum Gasteiger partial charge on any atom is -0.452 e. The number of aryl methyl sites for hydroxylation is 1. The highest BCUT2D eigenvalue weighted by Gasteiger charge is 2.36. The fourth-order valence-electron chi connectivity index (χ4n) is 4.42. The molecular weight excluding hydrogens is 442 g/mol. The highest BCUT2D eigenvalue weighted by atomic mass is 32.1. The number of carbonyl (C=O) groups is 4. The van der Waals surface area contributed by atoms with E-state index in [1.54, 1.807) is 36.2 Å².